The highest BCUT2D eigenvalue weighted by molar-refractivity contribution is 7.98. The molecule has 0 fully saturated rings. The first kappa shape index (κ1) is 15.8. The zero-order chi connectivity index (χ0) is 14.4. The SMILES string of the molecule is CCc1cc(C(=O)N(C)C(C)CCSC)cc(N)n1. The third-order valence-corrected chi connectivity index (χ3v) is 3.87. The van der Waals surface area contributed by atoms with Gasteiger partial charge in [0.1, 0.15) is 5.82 Å². The number of anilines is 1. The van der Waals surface area contributed by atoms with Crippen molar-refractivity contribution in [2.24, 2.45) is 0 Å². The van der Waals surface area contributed by atoms with Crippen LogP contribution in [0.25, 0.3) is 0 Å². The van der Waals surface area contributed by atoms with Gasteiger partial charge in [0.25, 0.3) is 5.91 Å². The Bertz CT molecular complexity index is 437. The lowest BCUT2D eigenvalue weighted by Gasteiger charge is -2.25. The Morgan fingerprint density at radius 1 is 1.53 bits per heavy atom. The van der Waals surface area contributed by atoms with E-state index < -0.39 is 0 Å². The van der Waals surface area contributed by atoms with Gasteiger partial charge in [0, 0.05) is 24.3 Å². The summed E-state index contributed by atoms with van der Waals surface area (Å²) in [5, 5.41) is 0. The molecule has 0 aliphatic carbocycles. The molecule has 1 rings (SSSR count). The molecule has 4 nitrogen and oxygen atoms in total. The molecule has 19 heavy (non-hydrogen) atoms. The number of nitrogens with two attached hydrogens (primary N) is 1. The molecule has 106 valence electrons. The van der Waals surface area contributed by atoms with E-state index in [9.17, 15) is 4.79 Å². The van der Waals surface area contributed by atoms with Crippen molar-refractivity contribution in [1.82, 2.24) is 9.88 Å². The third kappa shape index (κ3) is 4.42. The quantitative estimate of drug-likeness (QED) is 0.870. The monoisotopic (exact) mass is 281 g/mol. The van der Waals surface area contributed by atoms with Crippen LogP contribution in [-0.4, -0.2) is 40.9 Å². The number of hydrogen-bond acceptors (Lipinski definition) is 4. The standard InChI is InChI=1S/C14H23N3OS/c1-5-12-8-11(9-13(15)16-12)14(18)17(3)10(2)6-7-19-4/h8-10H,5-7H2,1-4H3,(H2,15,16). The molecule has 1 heterocycles. The van der Waals surface area contributed by atoms with E-state index in [2.05, 4.69) is 18.2 Å². The van der Waals surface area contributed by atoms with E-state index in [1.165, 1.54) is 0 Å². The molecule has 0 aliphatic heterocycles. The Kier molecular flexibility index (Phi) is 6.15. The van der Waals surface area contributed by atoms with Crippen LogP contribution in [0.2, 0.25) is 0 Å². The van der Waals surface area contributed by atoms with Crippen LogP contribution in [0.5, 0.6) is 0 Å². The van der Waals surface area contributed by atoms with E-state index in [0.29, 0.717) is 11.4 Å². The second-order valence-electron chi connectivity index (χ2n) is 4.67. The number of nitrogen functional groups attached to an aromatic ring is 1. The minimum atomic E-state index is 0.0115. The predicted octanol–water partition coefficient (Wildman–Crippen LogP) is 2.44. The smallest absolute Gasteiger partial charge is 0.254 e. The highest BCUT2D eigenvalue weighted by Gasteiger charge is 2.18. The van der Waals surface area contributed by atoms with Crippen molar-refractivity contribution < 1.29 is 4.79 Å². The predicted molar refractivity (Wildman–Crippen MR) is 82.6 cm³/mol. The lowest BCUT2D eigenvalue weighted by molar-refractivity contribution is 0.0741. The highest BCUT2D eigenvalue weighted by atomic mass is 32.2. The first-order valence-corrected chi connectivity index (χ1v) is 7.91. The average Bonchev–Trinajstić information content (AvgIpc) is 2.42. The first-order valence-electron chi connectivity index (χ1n) is 6.52. The van der Waals surface area contributed by atoms with E-state index in [0.717, 1.165) is 24.3 Å². The van der Waals surface area contributed by atoms with Gasteiger partial charge in [-0.05, 0) is 43.9 Å². The number of rotatable bonds is 6. The Hall–Kier alpha value is -1.23. The van der Waals surface area contributed by atoms with E-state index in [4.69, 9.17) is 5.73 Å². The van der Waals surface area contributed by atoms with Gasteiger partial charge in [-0.25, -0.2) is 4.98 Å². The van der Waals surface area contributed by atoms with Crippen molar-refractivity contribution >= 4 is 23.5 Å². The maximum atomic E-state index is 12.4. The molecule has 0 saturated carbocycles. The number of nitrogens with zero attached hydrogens (tertiary/aromatic N) is 2. The van der Waals surface area contributed by atoms with Crippen LogP contribution in [0.1, 0.15) is 36.3 Å². The minimum absolute atomic E-state index is 0.0115. The fourth-order valence-corrected chi connectivity index (χ4v) is 2.38. The summed E-state index contributed by atoms with van der Waals surface area (Å²) < 4.78 is 0. The number of aryl methyl sites for hydroxylation is 1. The first-order chi connectivity index (χ1) is 8.99. The zero-order valence-corrected chi connectivity index (χ0v) is 13.0. The number of aromatic nitrogens is 1. The Morgan fingerprint density at radius 3 is 2.79 bits per heavy atom. The fourth-order valence-electron chi connectivity index (χ4n) is 1.80. The van der Waals surface area contributed by atoms with Gasteiger partial charge in [0.2, 0.25) is 0 Å². The molecule has 0 radical (unpaired) electrons. The summed E-state index contributed by atoms with van der Waals surface area (Å²) in [6.45, 7) is 4.07. The van der Waals surface area contributed by atoms with Gasteiger partial charge in [0.15, 0.2) is 0 Å². The van der Waals surface area contributed by atoms with Crippen LogP contribution < -0.4 is 5.73 Å². The number of amides is 1. The molecular formula is C14H23N3OS. The van der Waals surface area contributed by atoms with Crippen LogP contribution in [0.15, 0.2) is 12.1 Å². The number of carbonyl (C=O) groups is 1. The highest BCUT2D eigenvalue weighted by Crippen LogP contribution is 2.14. The van der Waals surface area contributed by atoms with Gasteiger partial charge in [-0.2, -0.15) is 11.8 Å². The molecule has 1 unspecified atom stereocenters. The summed E-state index contributed by atoms with van der Waals surface area (Å²) in [5.74, 6) is 1.47. The number of hydrogen-bond donors (Lipinski definition) is 1. The molecule has 1 atom stereocenters. The van der Waals surface area contributed by atoms with Gasteiger partial charge >= 0.3 is 0 Å². The second-order valence-corrected chi connectivity index (χ2v) is 5.66. The molecule has 0 bridgehead atoms. The summed E-state index contributed by atoms with van der Waals surface area (Å²) in [5.41, 5.74) is 7.23. The van der Waals surface area contributed by atoms with Gasteiger partial charge in [0.05, 0.1) is 0 Å². The maximum Gasteiger partial charge on any atom is 0.254 e. The summed E-state index contributed by atoms with van der Waals surface area (Å²) in [7, 11) is 1.84. The number of thioether (sulfide) groups is 1. The molecular weight excluding hydrogens is 258 g/mol. The van der Waals surface area contributed by atoms with Crippen LogP contribution in [0.3, 0.4) is 0 Å². The van der Waals surface area contributed by atoms with E-state index in [1.54, 1.807) is 22.7 Å². The number of carbonyl (C=O) groups excluding carboxylic acids is 1. The topological polar surface area (TPSA) is 59.2 Å². The largest absolute Gasteiger partial charge is 0.384 e. The van der Waals surface area contributed by atoms with Crippen LogP contribution >= 0.6 is 11.8 Å². The lowest BCUT2D eigenvalue weighted by atomic mass is 10.1. The molecule has 2 N–H and O–H groups in total. The normalized spacial score (nSPS) is 12.2. The number of pyridine rings is 1. The van der Waals surface area contributed by atoms with E-state index >= 15 is 0 Å². The zero-order valence-electron chi connectivity index (χ0n) is 12.1. The molecule has 0 saturated heterocycles. The second kappa shape index (κ2) is 7.38. The Balaban J connectivity index is 2.84. The van der Waals surface area contributed by atoms with Gasteiger partial charge in [-0.3, -0.25) is 4.79 Å². The molecule has 0 aliphatic rings. The van der Waals surface area contributed by atoms with Crippen molar-refractivity contribution in [2.75, 3.05) is 24.8 Å². The average molecular weight is 281 g/mol. The third-order valence-electron chi connectivity index (χ3n) is 3.23. The van der Waals surface area contributed by atoms with Gasteiger partial charge < -0.3 is 10.6 Å². The Labute approximate surface area is 119 Å². The van der Waals surface area contributed by atoms with Crippen LogP contribution in [0.4, 0.5) is 5.82 Å². The van der Waals surface area contributed by atoms with Crippen molar-refractivity contribution in [1.29, 1.82) is 0 Å². The van der Waals surface area contributed by atoms with E-state index in [-0.39, 0.29) is 11.9 Å². The molecule has 1 aromatic rings. The van der Waals surface area contributed by atoms with Crippen LogP contribution in [-0.2, 0) is 6.42 Å². The molecule has 0 spiro atoms. The van der Waals surface area contributed by atoms with Crippen molar-refractivity contribution in [3.05, 3.63) is 23.4 Å². The lowest BCUT2D eigenvalue weighted by Crippen LogP contribution is -2.35. The molecule has 1 aromatic heterocycles. The Morgan fingerprint density at radius 2 is 2.21 bits per heavy atom. The summed E-state index contributed by atoms with van der Waals surface area (Å²) in [4.78, 5) is 18.4. The van der Waals surface area contributed by atoms with Crippen molar-refractivity contribution in [3.63, 3.8) is 0 Å². The van der Waals surface area contributed by atoms with Gasteiger partial charge in [-0.1, -0.05) is 6.92 Å². The summed E-state index contributed by atoms with van der Waals surface area (Å²) >= 11 is 1.80. The summed E-state index contributed by atoms with van der Waals surface area (Å²) in [6.07, 6.45) is 3.84. The van der Waals surface area contributed by atoms with Crippen molar-refractivity contribution in [3.8, 4) is 0 Å². The fraction of sp³-hybridized carbons (Fsp3) is 0.571. The summed E-state index contributed by atoms with van der Waals surface area (Å²) in [6, 6.07) is 3.70. The molecule has 0 aromatic carbocycles. The molecule has 1 amide bonds. The van der Waals surface area contributed by atoms with E-state index in [1.807, 2.05) is 20.0 Å². The molecule has 5 heteroatoms. The minimum Gasteiger partial charge on any atom is -0.384 e. The van der Waals surface area contributed by atoms with Gasteiger partial charge in [-0.15, -0.1) is 0 Å². The van der Waals surface area contributed by atoms with Crippen molar-refractivity contribution in [2.45, 2.75) is 32.7 Å². The maximum absolute atomic E-state index is 12.4. The van der Waals surface area contributed by atoms with Crippen LogP contribution in [0, 0.1) is 0 Å².